The van der Waals surface area contributed by atoms with E-state index in [1.54, 1.807) is 17.5 Å². The molecule has 3 heterocycles. The Labute approximate surface area is 124 Å². The fourth-order valence-corrected chi connectivity index (χ4v) is 2.45. The van der Waals surface area contributed by atoms with Gasteiger partial charge in [0.15, 0.2) is 0 Å². The molecule has 0 spiro atoms. The lowest BCUT2D eigenvalue weighted by Crippen LogP contribution is -2.21. The first-order valence-corrected chi connectivity index (χ1v) is 7.33. The van der Waals surface area contributed by atoms with Crippen LogP contribution in [0.1, 0.15) is 12.5 Å². The molecule has 0 aromatic carbocycles. The third kappa shape index (κ3) is 2.97. The zero-order chi connectivity index (χ0) is 14.7. The van der Waals surface area contributed by atoms with Gasteiger partial charge in [-0.15, -0.1) is 10.2 Å². The number of carbonyl (C=O) groups excluding carboxylic acids is 1. The average Bonchev–Trinajstić information content (AvgIpc) is 3.19. The van der Waals surface area contributed by atoms with Crippen LogP contribution >= 0.6 is 11.3 Å². The van der Waals surface area contributed by atoms with Crippen molar-refractivity contribution >= 4 is 23.1 Å². The van der Waals surface area contributed by atoms with Crippen LogP contribution in [0.3, 0.4) is 0 Å². The molecule has 3 aromatic heterocycles. The van der Waals surface area contributed by atoms with E-state index in [1.165, 1.54) is 4.80 Å². The molecule has 0 saturated heterocycles. The monoisotopic (exact) mass is 303 g/mol. The first-order chi connectivity index (χ1) is 10.3. The third-order valence-corrected chi connectivity index (χ3v) is 3.56. The van der Waals surface area contributed by atoms with Crippen LogP contribution in [0.2, 0.25) is 0 Å². The molecule has 1 amide bonds. The van der Waals surface area contributed by atoms with Gasteiger partial charge in [0.1, 0.15) is 12.4 Å². The van der Waals surface area contributed by atoms with Crippen LogP contribution in [0.15, 0.2) is 23.0 Å². The fraction of sp³-hybridized carbons (Fsp3) is 0.250. The van der Waals surface area contributed by atoms with Crippen LogP contribution in [-0.4, -0.2) is 36.3 Å². The number of carbonyl (C=O) groups is 1. The summed E-state index contributed by atoms with van der Waals surface area (Å²) in [5.74, 6) is 0.892. The number of hydrogen-bond donors (Lipinski definition) is 2. The second-order valence-electron chi connectivity index (χ2n) is 4.33. The van der Waals surface area contributed by atoms with Crippen molar-refractivity contribution in [1.82, 2.24) is 30.4 Å². The minimum atomic E-state index is -0.233. The summed E-state index contributed by atoms with van der Waals surface area (Å²) >= 11 is 1.56. The lowest BCUT2D eigenvalue weighted by Gasteiger charge is -2.03. The largest absolute Gasteiger partial charge is 0.309 e. The maximum absolute atomic E-state index is 12.0. The molecule has 0 radical (unpaired) electrons. The minimum Gasteiger partial charge on any atom is -0.309 e. The molecule has 0 saturated carbocycles. The van der Waals surface area contributed by atoms with E-state index in [1.807, 2.05) is 23.8 Å². The normalized spacial score (nSPS) is 10.7. The van der Waals surface area contributed by atoms with E-state index in [-0.39, 0.29) is 12.5 Å². The molecule has 0 atom stereocenters. The number of tetrazole rings is 1. The first kappa shape index (κ1) is 13.4. The summed E-state index contributed by atoms with van der Waals surface area (Å²) in [7, 11) is 0. The molecule has 0 bridgehead atoms. The van der Waals surface area contributed by atoms with Gasteiger partial charge in [-0.25, -0.2) is 0 Å². The quantitative estimate of drug-likeness (QED) is 0.740. The average molecular weight is 303 g/mol. The van der Waals surface area contributed by atoms with Crippen molar-refractivity contribution in [3.63, 3.8) is 0 Å². The predicted molar refractivity (Wildman–Crippen MR) is 77.7 cm³/mol. The SMILES string of the molecule is CCc1cn[nH]c1NC(=O)Cn1nnc(-c2ccsc2)n1. The van der Waals surface area contributed by atoms with E-state index < -0.39 is 0 Å². The van der Waals surface area contributed by atoms with E-state index in [2.05, 4.69) is 30.9 Å². The Bertz CT molecular complexity index is 730. The molecule has 3 aromatic rings. The Morgan fingerprint density at radius 3 is 3.19 bits per heavy atom. The van der Waals surface area contributed by atoms with Crippen molar-refractivity contribution in [2.45, 2.75) is 19.9 Å². The topological polar surface area (TPSA) is 101 Å². The van der Waals surface area contributed by atoms with Crippen LogP contribution in [0, 0.1) is 0 Å². The van der Waals surface area contributed by atoms with Crippen molar-refractivity contribution in [2.24, 2.45) is 0 Å². The molecule has 9 heteroatoms. The van der Waals surface area contributed by atoms with Crippen LogP contribution < -0.4 is 5.32 Å². The van der Waals surface area contributed by atoms with Crippen LogP contribution in [0.5, 0.6) is 0 Å². The Hall–Kier alpha value is -2.55. The van der Waals surface area contributed by atoms with Gasteiger partial charge in [0.2, 0.25) is 11.7 Å². The Morgan fingerprint density at radius 2 is 2.43 bits per heavy atom. The summed E-state index contributed by atoms with van der Waals surface area (Å²) < 4.78 is 0. The molecule has 0 aliphatic rings. The van der Waals surface area contributed by atoms with Crippen molar-refractivity contribution in [3.8, 4) is 11.4 Å². The summed E-state index contributed by atoms with van der Waals surface area (Å²) in [5, 5.41) is 25.3. The van der Waals surface area contributed by atoms with E-state index >= 15 is 0 Å². The molecule has 108 valence electrons. The number of aromatic nitrogens is 6. The van der Waals surface area contributed by atoms with Crippen molar-refractivity contribution < 1.29 is 4.79 Å². The number of anilines is 1. The summed E-state index contributed by atoms with van der Waals surface area (Å²) in [6, 6.07) is 1.91. The second kappa shape index (κ2) is 5.83. The van der Waals surface area contributed by atoms with Gasteiger partial charge in [-0.3, -0.25) is 9.89 Å². The van der Waals surface area contributed by atoms with Gasteiger partial charge in [0, 0.05) is 16.5 Å². The van der Waals surface area contributed by atoms with Crippen molar-refractivity contribution in [2.75, 3.05) is 5.32 Å². The van der Waals surface area contributed by atoms with Gasteiger partial charge in [-0.1, -0.05) is 6.92 Å². The molecular weight excluding hydrogens is 290 g/mol. The number of rotatable bonds is 5. The Morgan fingerprint density at radius 1 is 1.52 bits per heavy atom. The molecule has 3 rings (SSSR count). The van der Waals surface area contributed by atoms with Crippen LogP contribution in [0.4, 0.5) is 5.82 Å². The molecule has 0 aliphatic heterocycles. The van der Waals surface area contributed by atoms with Gasteiger partial charge in [0.05, 0.1) is 6.20 Å². The van der Waals surface area contributed by atoms with E-state index in [4.69, 9.17) is 0 Å². The number of nitrogens with zero attached hydrogens (tertiary/aromatic N) is 5. The predicted octanol–water partition coefficient (Wildman–Crippen LogP) is 1.33. The number of aromatic amines is 1. The molecule has 21 heavy (non-hydrogen) atoms. The third-order valence-electron chi connectivity index (χ3n) is 2.88. The summed E-state index contributed by atoms with van der Waals surface area (Å²) in [5.41, 5.74) is 1.85. The number of aryl methyl sites for hydroxylation is 1. The number of thiophene rings is 1. The maximum atomic E-state index is 12.0. The first-order valence-electron chi connectivity index (χ1n) is 6.38. The second-order valence-corrected chi connectivity index (χ2v) is 5.11. The van der Waals surface area contributed by atoms with Crippen molar-refractivity contribution in [3.05, 3.63) is 28.6 Å². The van der Waals surface area contributed by atoms with Gasteiger partial charge in [-0.05, 0) is 23.1 Å². The lowest BCUT2D eigenvalue weighted by atomic mass is 10.2. The highest BCUT2D eigenvalue weighted by molar-refractivity contribution is 7.08. The van der Waals surface area contributed by atoms with Gasteiger partial charge < -0.3 is 5.32 Å². The van der Waals surface area contributed by atoms with E-state index in [9.17, 15) is 4.79 Å². The highest BCUT2D eigenvalue weighted by atomic mass is 32.1. The highest BCUT2D eigenvalue weighted by Gasteiger charge is 2.11. The summed E-state index contributed by atoms with van der Waals surface area (Å²) in [6.07, 6.45) is 2.48. The molecule has 8 nitrogen and oxygen atoms in total. The molecular formula is C12H13N7OS. The fourth-order valence-electron chi connectivity index (χ4n) is 1.81. The maximum Gasteiger partial charge on any atom is 0.249 e. The van der Waals surface area contributed by atoms with Gasteiger partial charge in [0.25, 0.3) is 0 Å². The molecule has 0 fully saturated rings. The number of hydrogen-bond acceptors (Lipinski definition) is 6. The Kier molecular flexibility index (Phi) is 3.73. The van der Waals surface area contributed by atoms with Gasteiger partial charge >= 0.3 is 0 Å². The Balaban J connectivity index is 1.65. The summed E-state index contributed by atoms with van der Waals surface area (Å²) in [4.78, 5) is 13.2. The minimum absolute atomic E-state index is 0.000683. The zero-order valence-electron chi connectivity index (χ0n) is 11.3. The number of nitrogens with one attached hydrogen (secondary N) is 2. The van der Waals surface area contributed by atoms with E-state index in [0.29, 0.717) is 11.6 Å². The molecule has 0 aliphatic carbocycles. The van der Waals surface area contributed by atoms with Crippen molar-refractivity contribution in [1.29, 1.82) is 0 Å². The standard InChI is InChI=1S/C12H13N7OS/c1-2-8-5-13-15-11(8)14-10(20)6-19-17-12(16-18-19)9-3-4-21-7-9/h3-5,7H,2,6H2,1H3,(H2,13,14,15,20). The van der Waals surface area contributed by atoms with E-state index in [0.717, 1.165) is 17.5 Å². The lowest BCUT2D eigenvalue weighted by molar-refractivity contribution is -0.117. The highest BCUT2D eigenvalue weighted by Crippen LogP contribution is 2.16. The molecule has 0 unspecified atom stereocenters. The number of amides is 1. The summed E-state index contributed by atoms with van der Waals surface area (Å²) in [6.45, 7) is 1.99. The van der Waals surface area contributed by atoms with Crippen LogP contribution in [0.25, 0.3) is 11.4 Å². The molecule has 2 N–H and O–H groups in total. The van der Waals surface area contributed by atoms with Gasteiger partial charge in [-0.2, -0.15) is 21.2 Å². The zero-order valence-corrected chi connectivity index (χ0v) is 12.1. The van der Waals surface area contributed by atoms with Crippen LogP contribution in [-0.2, 0) is 17.8 Å². The number of H-pyrrole nitrogens is 1. The smallest absolute Gasteiger partial charge is 0.249 e.